The summed E-state index contributed by atoms with van der Waals surface area (Å²) in [6, 6.07) is -0.679. The van der Waals surface area contributed by atoms with Gasteiger partial charge in [-0.2, -0.15) is 0 Å². The van der Waals surface area contributed by atoms with Crippen LogP contribution in [0, 0.1) is 5.92 Å². The number of hydrogen-bond acceptors (Lipinski definition) is 4. The van der Waals surface area contributed by atoms with Gasteiger partial charge in [-0.3, -0.25) is 19.2 Å². The summed E-state index contributed by atoms with van der Waals surface area (Å²) in [5.41, 5.74) is 2.13. The summed E-state index contributed by atoms with van der Waals surface area (Å²) < 4.78 is 0. The zero-order chi connectivity index (χ0) is 11.0. The molecule has 2 heterocycles. The lowest BCUT2D eigenvalue weighted by Gasteiger charge is -2.19. The number of carboxylic acid groups (broad SMARTS) is 1. The van der Waals surface area contributed by atoms with Gasteiger partial charge in [0.1, 0.15) is 12.6 Å². The predicted octanol–water partition coefficient (Wildman–Crippen LogP) is -1.65. The monoisotopic (exact) mass is 214 g/mol. The predicted molar refractivity (Wildman–Crippen MR) is 45.3 cm³/mol. The second kappa shape index (κ2) is 3.50. The van der Waals surface area contributed by atoms with E-state index in [1.165, 1.54) is 4.90 Å². The molecule has 2 N–H and O–H groups in total. The number of nitrogens with zero attached hydrogens (tertiary/aromatic N) is 1. The van der Waals surface area contributed by atoms with Gasteiger partial charge in [0, 0.05) is 13.0 Å². The van der Waals surface area contributed by atoms with E-state index in [-0.39, 0.29) is 25.5 Å². The quantitative estimate of drug-likeness (QED) is 0.574. The first-order chi connectivity index (χ1) is 7.09. The average Bonchev–Trinajstić information content (AvgIpc) is 2.71. The van der Waals surface area contributed by atoms with Crippen LogP contribution in [0.15, 0.2) is 0 Å². The van der Waals surface area contributed by atoms with Gasteiger partial charge in [-0.05, 0) is 0 Å². The lowest BCUT2D eigenvalue weighted by molar-refractivity contribution is -0.141. The first-order valence-corrected chi connectivity index (χ1v) is 4.53. The Hall–Kier alpha value is -1.63. The molecule has 2 fully saturated rings. The second-order valence-electron chi connectivity index (χ2n) is 3.58. The van der Waals surface area contributed by atoms with E-state index < -0.39 is 23.8 Å². The smallest absolute Gasteiger partial charge is 0.308 e. The maximum Gasteiger partial charge on any atom is 0.308 e. The highest BCUT2D eigenvalue weighted by Gasteiger charge is 2.42. The third-order valence-corrected chi connectivity index (χ3v) is 2.60. The Bertz CT molecular complexity index is 329. The molecule has 2 aliphatic heterocycles. The number of rotatable bonds is 2. The molecule has 1 unspecified atom stereocenters. The fourth-order valence-electron chi connectivity index (χ4n) is 1.77. The van der Waals surface area contributed by atoms with Crippen LogP contribution in [-0.2, 0) is 19.2 Å². The van der Waals surface area contributed by atoms with Crippen molar-refractivity contribution < 1.29 is 24.3 Å². The van der Waals surface area contributed by atoms with Crippen LogP contribution in [0.4, 0.5) is 0 Å². The van der Waals surface area contributed by atoms with Gasteiger partial charge < -0.3 is 10.0 Å². The van der Waals surface area contributed by atoms with E-state index in [1.807, 2.05) is 0 Å². The molecule has 2 amide bonds. The van der Waals surface area contributed by atoms with Crippen molar-refractivity contribution in [2.24, 2.45) is 5.92 Å². The number of amides is 2. The van der Waals surface area contributed by atoms with E-state index >= 15 is 0 Å². The van der Waals surface area contributed by atoms with Gasteiger partial charge in [-0.1, -0.05) is 0 Å². The third-order valence-electron chi connectivity index (χ3n) is 2.60. The van der Waals surface area contributed by atoms with Gasteiger partial charge >= 0.3 is 5.97 Å². The number of aliphatic carboxylic acids is 1. The fourth-order valence-corrected chi connectivity index (χ4v) is 1.77. The first kappa shape index (κ1) is 9.91. The molecule has 2 atom stereocenters. The summed E-state index contributed by atoms with van der Waals surface area (Å²) in [6.45, 7) is 0.159. The molecular formula is C8H10N2O5. The van der Waals surface area contributed by atoms with Gasteiger partial charge in [0.05, 0.1) is 5.92 Å². The molecule has 0 radical (unpaired) electrons. The molecule has 15 heavy (non-hydrogen) atoms. The molecule has 0 spiro atoms. The molecule has 7 heteroatoms. The molecule has 2 aliphatic rings. The number of carbonyl (C=O) groups is 3. The molecule has 2 rings (SSSR count). The maximum absolute atomic E-state index is 11.4. The average molecular weight is 214 g/mol. The van der Waals surface area contributed by atoms with E-state index in [4.69, 9.17) is 5.11 Å². The number of carbonyl (C=O) groups excluding carboxylic acids is 2. The van der Waals surface area contributed by atoms with E-state index in [9.17, 15) is 14.4 Å². The Morgan fingerprint density at radius 1 is 1.53 bits per heavy atom. The van der Waals surface area contributed by atoms with Gasteiger partial charge in [-0.25, -0.2) is 5.48 Å². The van der Waals surface area contributed by atoms with Crippen molar-refractivity contribution in [3.8, 4) is 0 Å². The number of hydroxylamine groups is 1. The summed E-state index contributed by atoms with van der Waals surface area (Å²) in [7, 11) is 0. The first-order valence-electron chi connectivity index (χ1n) is 4.53. The summed E-state index contributed by atoms with van der Waals surface area (Å²) in [4.78, 5) is 39.3. The topological polar surface area (TPSA) is 95.9 Å². The van der Waals surface area contributed by atoms with Crippen molar-refractivity contribution in [1.82, 2.24) is 10.4 Å². The van der Waals surface area contributed by atoms with Crippen LogP contribution < -0.4 is 5.48 Å². The van der Waals surface area contributed by atoms with Crippen LogP contribution in [0.2, 0.25) is 0 Å². The lowest BCUT2D eigenvalue weighted by Crippen LogP contribution is -2.43. The number of carboxylic acids is 1. The standard InChI is InChI=1S/C8H10N2O5/c11-6-1-4(8(13)14)2-10(6)5-3-15-9-7(5)12/h4-5H,1-3H2,(H,9,12)(H,13,14)/t4?,5-/m0/s1. The highest BCUT2D eigenvalue weighted by atomic mass is 16.7. The Kier molecular flexibility index (Phi) is 2.31. The molecule has 0 aromatic rings. The molecule has 0 aromatic heterocycles. The zero-order valence-corrected chi connectivity index (χ0v) is 7.80. The minimum Gasteiger partial charge on any atom is -0.481 e. The summed E-state index contributed by atoms with van der Waals surface area (Å²) in [5, 5.41) is 8.75. The maximum atomic E-state index is 11.4. The van der Waals surface area contributed by atoms with Gasteiger partial charge in [0.2, 0.25) is 5.91 Å². The van der Waals surface area contributed by atoms with Crippen molar-refractivity contribution in [1.29, 1.82) is 0 Å². The number of nitrogens with one attached hydrogen (secondary N) is 1. The molecular weight excluding hydrogens is 204 g/mol. The summed E-state index contributed by atoms with van der Waals surface area (Å²) >= 11 is 0. The van der Waals surface area contributed by atoms with Crippen molar-refractivity contribution in [3.05, 3.63) is 0 Å². The van der Waals surface area contributed by atoms with E-state index in [0.29, 0.717) is 0 Å². The van der Waals surface area contributed by atoms with Crippen molar-refractivity contribution in [2.45, 2.75) is 12.5 Å². The van der Waals surface area contributed by atoms with Crippen LogP contribution in [0.5, 0.6) is 0 Å². The third kappa shape index (κ3) is 1.65. The zero-order valence-electron chi connectivity index (χ0n) is 7.80. The van der Waals surface area contributed by atoms with Crippen molar-refractivity contribution in [2.75, 3.05) is 13.2 Å². The summed E-state index contributed by atoms with van der Waals surface area (Å²) in [6.07, 6.45) is -0.0425. The van der Waals surface area contributed by atoms with Crippen molar-refractivity contribution in [3.63, 3.8) is 0 Å². The fraction of sp³-hybridized carbons (Fsp3) is 0.625. The van der Waals surface area contributed by atoms with Crippen LogP contribution in [-0.4, -0.2) is 47.0 Å². The second-order valence-corrected chi connectivity index (χ2v) is 3.58. The molecule has 0 aliphatic carbocycles. The van der Waals surface area contributed by atoms with Gasteiger partial charge in [0.25, 0.3) is 5.91 Å². The number of hydrogen-bond donors (Lipinski definition) is 2. The lowest BCUT2D eigenvalue weighted by atomic mass is 10.1. The summed E-state index contributed by atoms with van der Waals surface area (Å²) in [5.74, 6) is -2.43. The molecule has 82 valence electrons. The Morgan fingerprint density at radius 3 is 2.73 bits per heavy atom. The minimum atomic E-state index is -1.01. The molecule has 2 saturated heterocycles. The van der Waals surface area contributed by atoms with Crippen LogP contribution >= 0.6 is 0 Å². The Morgan fingerprint density at radius 2 is 2.27 bits per heavy atom. The highest BCUT2D eigenvalue weighted by molar-refractivity contribution is 5.92. The Balaban J connectivity index is 2.08. The highest BCUT2D eigenvalue weighted by Crippen LogP contribution is 2.21. The van der Waals surface area contributed by atoms with Gasteiger partial charge in [0.15, 0.2) is 0 Å². The van der Waals surface area contributed by atoms with Crippen molar-refractivity contribution >= 4 is 17.8 Å². The van der Waals surface area contributed by atoms with E-state index in [0.717, 1.165) is 0 Å². The largest absolute Gasteiger partial charge is 0.481 e. The van der Waals surface area contributed by atoms with Crippen LogP contribution in [0.3, 0.4) is 0 Å². The molecule has 0 bridgehead atoms. The molecule has 0 aromatic carbocycles. The Labute approximate surface area is 84.9 Å². The number of likely N-dealkylation sites (tertiary alicyclic amines) is 1. The van der Waals surface area contributed by atoms with E-state index in [1.54, 1.807) is 0 Å². The van der Waals surface area contributed by atoms with Crippen LogP contribution in [0.25, 0.3) is 0 Å². The van der Waals surface area contributed by atoms with E-state index in [2.05, 4.69) is 10.3 Å². The minimum absolute atomic E-state index is 0.0425. The molecule has 0 saturated carbocycles. The molecule has 7 nitrogen and oxygen atoms in total. The SMILES string of the molecule is O=C(O)C1CC(=O)N([C@H]2CONC2=O)C1. The van der Waals surface area contributed by atoms with Gasteiger partial charge in [-0.15, -0.1) is 0 Å². The normalized spacial score (nSPS) is 30.8. The van der Waals surface area contributed by atoms with Crippen LogP contribution in [0.1, 0.15) is 6.42 Å².